The lowest BCUT2D eigenvalue weighted by atomic mass is 10.0. The Bertz CT molecular complexity index is 1680. The van der Waals surface area contributed by atoms with Crippen molar-refractivity contribution in [3.8, 4) is 0 Å². The summed E-state index contributed by atoms with van der Waals surface area (Å²) in [4.78, 5) is 23.5. The highest BCUT2D eigenvalue weighted by atomic mass is 31.2. The van der Waals surface area contributed by atoms with Crippen LogP contribution in [0, 0.1) is 0 Å². The predicted octanol–water partition coefficient (Wildman–Crippen LogP) is 25.3. The van der Waals surface area contributed by atoms with Crippen LogP contribution in [0.3, 0.4) is 0 Å². The van der Waals surface area contributed by atoms with Crippen LogP contribution in [0.4, 0.5) is 0 Å². The van der Waals surface area contributed by atoms with Crippen LogP contribution in [0.2, 0.25) is 0 Å². The molecule has 0 rings (SSSR count). The van der Waals surface area contributed by atoms with E-state index in [2.05, 4.69) is 79.9 Å². The van der Waals surface area contributed by atoms with Crippen molar-refractivity contribution in [2.75, 3.05) is 40.9 Å². The average molecular weight is 1270 g/mol. The third kappa shape index (κ3) is 73.2. The summed E-state index contributed by atoms with van der Waals surface area (Å²) >= 11 is 0. The van der Waals surface area contributed by atoms with Gasteiger partial charge < -0.3 is 19.8 Å². The first-order chi connectivity index (χ1) is 43.5. The Kier molecular flexibility index (Phi) is 68.6. The Morgan fingerprint density at radius 1 is 0.393 bits per heavy atom. The molecule has 0 bridgehead atoms. The quantitative estimate of drug-likeness (QED) is 0.0243. The minimum atomic E-state index is -4.36. The van der Waals surface area contributed by atoms with Crippen LogP contribution in [0.25, 0.3) is 0 Å². The molecule has 3 N–H and O–H groups in total. The maximum Gasteiger partial charge on any atom is 0.472 e. The number of rotatable bonds is 72. The van der Waals surface area contributed by atoms with Crippen LogP contribution in [0.1, 0.15) is 380 Å². The number of allylic oxidation sites excluding steroid dienone is 11. The standard InChI is InChI=1S/C80H151N2O6P/c1-6-8-10-12-14-16-18-20-22-24-26-28-30-32-34-35-36-37-38-39-40-41-42-43-44-45-46-47-48-50-52-54-56-58-60-62-64-66-68-70-72-74-80(84)81-78(77-88-89(85,86)87-76-75-82(3,4)5)79(83)73-71-69-67-65-63-61-59-57-55-53-51-49-33-31-29-27-25-23-21-19-17-15-13-11-9-7-2/h8,10,14,16,20,22,26,28,32,34,71,73,78-79,83H,6-7,9,11-13,15,17-19,21,23-25,27,29-31,33,35-70,72,74-77H2,1-5H3,(H-,81,84,85,86)/p+1/b10-8-,16-14-,22-20-,28-26-,34-32-,73-71+. The molecule has 0 aliphatic carbocycles. The third-order valence-electron chi connectivity index (χ3n) is 17.7. The molecule has 0 aromatic carbocycles. The summed E-state index contributed by atoms with van der Waals surface area (Å²) in [7, 11) is 1.59. The topological polar surface area (TPSA) is 105 Å². The molecule has 9 heteroatoms. The van der Waals surface area contributed by atoms with Gasteiger partial charge in [0.05, 0.1) is 39.9 Å². The zero-order valence-electron chi connectivity index (χ0n) is 59.9. The van der Waals surface area contributed by atoms with Gasteiger partial charge in [-0.15, -0.1) is 0 Å². The van der Waals surface area contributed by atoms with E-state index in [9.17, 15) is 19.4 Å². The highest BCUT2D eigenvalue weighted by Gasteiger charge is 2.28. The van der Waals surface area contributed by atoms with Crippen molar-refractivity contribution in [3.05, 3.63) is 72.9 Å². The summed E-state index contributed by atoms with van der Waals surface area (Å²) in [6, 6.07) is -0.848. The summed E-state index contributed by atoms with van der Waals surface area (Å²) in [6.07, 6.45) is 99.4. The fourth-order valence-electron chi connectivity index (χ4n) is 11.7. The van der Waals surface area contributed by atoms with E-state index in [1.165, 1.54) is 289 Å². The normalized spacial score (nSPS) is 13.9. The van der Waals surface area contributed by atoms with E-state index in [-0.39, 0.29) is 19.1 Å². The predicted molar refractivity (Wildman–Crippen MR) is 392 cm³/mol. The number of nitrogens with one attached hydrogen (secondary N) is 1. The second kappa shape index (κ2) is 70.3. The van der Waals surface area contributed by atoms with Crippen molar-refractivity contribution in [1.29, 1.82) is 0 Å². The number of hydrogen-bond donors (Lipinski definition) is 3. The molecule has 3 unspecified atom stereocenters. The van der Waals surface area contributed by atoms with Crippen LogP contribution in [-0.2, 0) is 18.4 Å². The number of phosphoric acid groups is 1. The Hall–Kier alpha value is -2.06. The molecule has 3 atom stereocenters. The lowest BCUT2D eigenvalue weighted by Crippen LogP contribution is -2.45. The molecule has 522 valence electrons. The van der Waals surface area contributed by atoms with Gasteiger partial charge in [-0.25, -0.2) is 4.57 Å². The molecule has 8 nitrogen and oxygen atoms in total. The summed E-state index contributed by atoms with van der Waals surface area (Å²) in [5.41, 5.74) is 0. The van der Waals surface area contributed by atoms with Gasteiger partial charge in [0.25, 0.3) is 0 Å². The lowest BCUT2D eigenvalue weighted by molar-refractivity contribution is -0.870. The van der Waals surface area contributed by atoms with Gasteiger partial charge in [0.1, 0.15) is 13.2 Å². The molecule has 0 heterocycles. The van der Waals surface area contributed by atoms with Crippen molar-refractivity contribution >= 4 is 13.7 Å². The number of aliphatic hydroxyl groups is 1. The van der Waals surface area contributed by atoms with E-state index >= 15 is 0 Å². The maximum absolute atomic E-state index is 13.1. The van der Waals surface area contributed by atoms with Crippen molar-refractivity contribution < 1.29 is 32.9 Å². The van der Waals surface area contributed by atoms with Crippen molar-refractivity contribution in [2.24, 2.45) is 0 Å². The van der Waals surface area contributed by atoms with Gasteiger partial charge in [-0.2, -0.15) is 0 Å². The van der Waals surface area contributed by atoms with Crippen LogP contribution in [0.5, 0.6) is 0 Å². The van der Waals surface area contributed by atoms with Gasteiger partial charge in [0.2, 0.25) is 5.91 Å². The molecule has 1 amide bonds. The SMILES string of the molecule is CC/C=C\C/C=C\C/C=C\C/C=C\C/C=C\CCCCCCCCCCCCCCCCCCCCCCCCCCCC(=O)NC(COP(=O)(O)OCC[N+](C)(C)C)C(O)/C=C/CCCCCCCCCCCCCCCCCCCCCCCCCC. The van der Waals surface area contributed by atoms with Crippen LogP contribution in [-0.4, -0.2) is 73.4 Å². The summed E-state index contributed by atoms with van der Waals surface area (Å²) in [6.45, 7) is 4.76. The molecule has 89 heavy (non-hydrogen) atoms. The number of nitrogens with zero attached hydrogens (tertiary/aromatic N) is 1. The fourth-order valence-corrected chi connectivity index (χ4v) is 12.5. The summed E-state index contributed by atoms with van der Waals surface area (Å²) in [5.74, 6) is -0.169. The summed E-state index contributed by atoms with van der Waals surface area (Å²) in [5, 5.41) is 14.0. The number of likely N-dealkylation sites (N-methyl/N-ethyl adjacent to an activating group) is 1. The van der Waals surface area contributed by atoms with Gasteiger partial charge in [-0.3, -0.25) is 13.8 Å². The smallest absolute Gasteiger partial charge is 0.387 e. The number of aliphatic hydroxyl groups excluding tert-OH is 1. The molecule has 0 radical (unpaired) electrons. The van der Waals surface area contributed by atoms with Gasteiger partial charge in [-0.1, -0.05) is 382 Å². The van der Waals surface area contributed by atoms with Crippen molar-refractivity contribution in [3.63, 3.8) is 0 Å². The number of hydrogen-bond acceptors (Lipinski definition) is 5. The monoisotopic (exact) mass is 1270 g/mol. The molecule has 0 fully saturated rings. The molecule has 0 aliphatic rings. The zero-order chi connectivity index (χ0) is 64.8. The molecule has 0 aromatic heterocycles. The van der Waals surface area contributed by atoms with E-state index in [4.69, 9.17) is 9.05 Å². The zero-order valence-corrected chi connectivity index (χ0v) is 60.8. The van der Waals surface area contributed by atoms with E-state index < -0.39 is 20.0 Å². The first-order valence-corrected chi connectivity index (χ1v) is 40.3. The van der Waals surface area contributed by atoms with Crippen LogP contribution < -0.4 is 5.32 Å². The third-order valence-corrected chi connectivity index (χ3v) is 18.7. The first-order valence-electron chi connectivity index (χ1n) is 38.8. The highest BCUT2D eigenvalue weighted by Crippen LogP contribution is 2.43. The van der Waals surface area contributed by atoms with E-state index in [0.717, 1.165) is 70.6 Å². The summed E-state index contributed by atoms with van der Waals surface area (Å²) < 4.78 is 23.9. The first kappa shape index (κ1) is 86.9. The maximum atomic E-state index is 13.1. The molecule has 0 saturated heterocycles. The highest BCUT2D eigenvalue weighted by molar-refractivity contribution is 7.47. The Morgan fingerprint density at radius 2 is 0.674 bits per heavy atom. The van der Waals surface area contributed by atoms with E-state index in [0.29, 0.717) is 17.4 Å². The fraction of sp³-hybridized carbons (Fsp3) is 0.838. The number of carbonyl (C=O) groups is 1. The van der Waals surface area contributed by atoms with E-state index in [1.54, 1.807) is 6.08 Å². The molecule has 0 spiro atoms. The number of phosphoric ester groups is 1. The molecule has 0 saturated carbocycles. The van der Waals surface area contributed by atoms with Gasteiger partial charge in [-0.05, 0) is 64.2 Å². The average Bonchev–Trinajstić information content (AvgIpc) is 3.61. The number of quaternary nitrogens is 1. The minimum Gasteiger partial charge on any atom is -0.387 e. The largest absolute Gasteiger partial charge is 0.472 e. The second-order valence-electron chi connectivity index (χ2n) is 27.7. The van der Waals surface area contributed by atoms with Gasteiger partial charge in [0.15, 0.2) is 0 Å². The Balaban J connectivity index is 3.93. The molecule has 0 aromatic rings. The second-order valence-corrected chi connectivity index (χ2v) is 29.2. The van der Waals surface area contributed by atoms with Crippen molar-refractivity contribution in [1.82, 2.24) is 5.32 Å². The van der Waals surface area contributed by atoms with Gasteiger partial charge in [0, 0.05) is 6.42 Å². The number of unbranched alkanes of at least 4 members (excludes halogenated alkanes) is 49. The Morgan fingerprint density at radius 3 is 0.989 bits per heavy atom. The van der Waals surface area contributed by atoms with E-state index in [1.807, 2.05) is 27.2 Å². The van der Waals surface area contributed by atoms with Crippen LogP contribution >= 0.6 is 7.82 Å². The molecular weight excluding hydrogens is 1120 g/mol. The Labute approximate surface area is 554 Å². The van der Waals surface area contributed by atoms with Crippen molar-refractivity contribution in [2.45, 2.75) is 392 Å². The molecular formula is C80H152N2O6P+. The van der Waals surface area contributed by atoms with Crippen LogP contribution in [0.15, 0.2) is 72.9 Å². The molecule has 0 aliphatic heterocycles. The van der Waals surface area contributed by atoms with Gasteiger partial charge >= 0.3 is 7.82 Å². The lowest BCUT2D eigenvalue weighted by Gasteiger charge is -2.25. The minimum absolute atomic E-state index is 0.0628. The number of carbonyl (C=O) groups excluding carboxylic acids is 1. The number of amides is 1.